The van der Waals surface area contributed by atoms with Crippen LogP contribution < -0.4 is 0 Å². The summed E-state index contributed by atoms with van der Waals surface area (Å²) in [6, 6.07) is 34.1. The number of nitrogens with zero attached hydrogens (tertiary/aromatic N) is 1. The standard InChI is InChI=1S/C30H20N.C5H8O2.Ir/c1-30(2)24-14-6-5-11-21(24)28-22(13-7-15-25(28)30)27-17-23-19-10-4-3-9-18(19)20-12-8-16-26(31-27)29(20)23;1-4(6)3-5(2)7;/h3-12,14-17H,1-2H3;3,6H,1-2H3;/q-1;;. The maximum Gasteiger partial charge on any atom is 0.155 e. The van der Waals surface area contributed by atoms with Gasteiger partial charge in [-0.3, -0.25) is 9.78 Å². The molecule has 5 aromatic rings. The fraction of sp³-hybridized carbons (Fsp3) is 0.143. The third-order valence-electron chi connectivity index (χ3n) is 7.55. The van der Waals surface area contributed by atoms with E-state index < -0.39 is 0 Å². The summed E-state index contributed by atoms with van der Waals surface area (Å²) in [5.41, 5.74) is 13.6. The van der Waals surface area contributed by atoms with Crippen LogP contribution in [-0.2, 0) is 30.3 Å². The summed E-state index contributed by atoms with van der Waals surface area (Å²) in [6.07, 6.45) is 1.17. The summed E-state index contributed by atoms with van der Waals surface area (Å²) in [4.78, 5) is 15.2. The molecule has 1 radical (unpaired) electrons. The van der Waals surface area contributed by atoms with Crippen LogP contribution in [0.5, 0.6) is 0 Å². The second-order valence-electron chi connectivity index (χ2n) is 10.5. The molecule has 4 aromatic carbocycles. The first-order valence-corrected chi connectivity index (χ1v) is 12.8. The fourth-order valence-electron chi connectivity index (χ4n) is 5.99. The molecule has 2 aliphatic rings. The van der Waals surface area contributed by atoms with Gasteiger partial charge in [-0.1, -0.05) is 91.7 Å². The van der Waals surface area contributed by atoms with E-state index in [4.69, 9.17) is 10.1 Å². The number of pyridine rings is 1. The number of ketones is 1. The van der Waals surface area contributed by atoms with Gasteiger partial charge >= 0.3 is 0 Å². The predicted octanol–water partition coefficient (Wildman–Crippen LogP) is 8.69. The van der Waals surface area contributed by atoms with Crippen LogP contribution in [0.25, 0.3) is 55.5 Å². The Bertz CT molecular complexity index is 1790. The summed E-state index contributed by atoms with van der Waals surface area (Å²) < 4.78 is 0. The van der Waals surface area contributed by atoms with Crippen molar-refractivity contribution >= 4 is 16.7 Å². The van der Waals surface area contributed by atoms with Gasteiger partial charge in [-0.05, 0) is 58.8 Å². The van der Waals surface area contributed by atoms with Crippen LogP contribution in [0, 0.1) is 6.07 Å². The van der Waals surface area contributed by atoms with Crippen LogP contribution in [0.3, 0.4) is 0 Å². The number of fused-ring (bicyclic) bond motifs is 6. The van der Waals surface area contributed by atoms with Crippen LogP contribution in [-0.4, -0.2) is 15.9 Å². The topological polar surface area (TPSA) is 50.2 Å². The first-order valence-electron chi connectivity index (χ1n) is 12.8. The van der Waals surface area contributed by atoms with Crippen molar-refractivity contribution in [2.75, 3.05) is 0 Å². The molecule has 39 heavy (non-hydrogen) atoms. The van der Waals surface area contributed by atoms with E-state index in [0.717, 1.165) is 16.8 Å². The molecule has 0 saturated carbocycles. The minimum absolute atomic E-state index is 0. The Morgan fingerprint density at radius 2 is 1.46 bits per heavy atom. The van der Waals surface area contributed by atoms with Gasteiger partial charge in [-0.25, -0.2) is 0 Å². The van der Waals surface area contributed by atoms with Crippen LogP contribution in [0.1, 0.15) is 38.8 Å². The zero-order valence-electron chi connectivity index (χ0n) is 22.3. The molecule has 1 aromatic heterocycles. The van der Waals surface area contributed by atoms with E-state index in [1.165, 1.54) is 69.8 Å². The van der Waals surface area contributed by atoms with Crippen molar-refractivity contribution in [1.29, 1.82) is 0 Å². The second kappa shape index (κ2) is 10.0. The van der Waals surface area contributed by atoms with E-state index >= 15 is 0 Å². The molecule has 1 N–H and O–H groups in total. The van der Waals surface area contributed by atoms with Crippen molar-refractivity contribution in [3.63, 3.8) is 0 Å². The normalized spacial score (nSPS) is 13.5. The van der Waals surface area contributed by atoms with Crippen LogP contribution in [0.2, 0.25) is 0 Å². The van der Waals surface area contributed by atoms with Gasteiger partial charge in [-0.2, -0.15) is 0 Å². The molecule has 2 aliphatic carbocycles. The van der Waals surface area contributed by atoms with Crippen molar-refractivity contribution in [2.45, 2.75) is 33.1 Å². The summed E-state index contributed by atoms with van der Waals surface area (Å²) in [7, 11) is 0. The Kier molecular flexibility index (Phi) is 6.88. The van der Waals surface area contributed by atoms with Crippen molar-refractivity contribution < 1.29 is 30.0 Å². The maximum absolute atomic E-state index is 10.0. The largest absolute Gasteiger partial charge is 0.512 e. The summed E-state index contributed by atoms with van der Waals surface area (Å²) in [5.74, 6) is -0.0625. The van der Waals surface area contributed by atoms with Gasteiger partial charge < -0.3 is 5.11 Å². The number of aliphatic hydroxyl groups excluding tert-OH is 1. The molecule has 7 rings (SSSR count). The zero-order chi connectivity index (χ0) is 26.6. The molecule has 1 heterocycles. The van der Waals surface area contributed by atoms with Gasteiger partial charge in [-0.15, -0.1) is 29.3 Å². The van der Waals surface area contributed by atoms with Gasteiger partial charge in [0.05, 0.1) is 11.3 Å². The van der Waals surface area contributed by atoms with E-state index in [9.17, 15) is 4.79 Å². The molecule has 4 heteroatoms. The monoisotopic (exact) mass is 687 g/mol. The number of carbonyl (C=O) groups excluding carboxylic acids is 1. The summed E-state index contributed by atoms with van der Waals surface area (Å²) in [5, 5.41) is 9.63. The van der Waals surface area contributed by atoms with Crippen LogP contribution in [0.4, 0.5) is 0 Å². The SMILES string of the molecule is CC(=O)C=C(C)O.CC1(C)c2ccccc2-c2c(-c3cc4c5c(cccc5n3)-c3ccccc3-4)[c-]ccc21.[Ir]. The Labute approximate surface area is 242 Å². The average Bonchev–Trinajstić information content (AvgIpc) is 3.35. The zero-order valence-corrected chi connectivity index (χ0v) is 24.7. The van der Waals surface area contributed by atoms with Gasteiger partial charge in [0, 0.05) is 31.6 Å². The second-order valence-corrected chi connectivity index (χ2v) is 10.5. The number of hydrogen-bond donors (Lipinski definition) is 1. The number of aromatic nitrogens is 1. The van der Waals surface area contributed by atoms with Crippen LogP contribution >= 0.6 is 0 Å². The summed E-state index contributed by atoms with van der Waals surface area (Å²) >= 11 is 0. The molecule has 0 unspecified atom stereocenters. The average molecular weight is 687 g/mol. The number of carbonyl (C=O) groups is 1. The Hall–Kier alpha value is -3.85. The van der Waals surface area contributed by atoms with Crippen LogP contribution in [0.15, 0.2) is 96.8 Å². The predicted molar refractivity (Wildman–Crippen MR) is 155 cm³/mol. The smallest absolute Gasteiger partial charge is 0.155 e. The molecule has 195 valence electrons. The number of allylic oxidation sites excluding steroid dienone is 2. The molecular weight excluding hydrogens is 659 g/mol. The third kappa shape index (κ3) is 4.34. The quantitative estimate of drug-likeness (QED) is 0.113. The summed E-state index contributed by atoms with van der Waals surface area (Å²) in [6.45, 7) is 7.48. The molecule has 0 bridgehead atoms. The molecule has 0 fully saturated rings. The van der Waals surface area contributed by atoms with Gasteiger partial charge in [0.2, 0.25) is 0 Å². The van der Waals surface area contributed by atoms with E-state index in [2.05, 4.69) is 105 Å². The van der Waals surface area contributed by atoms with E-state index in [1.807, 2.05) is 0 Å². The minimum Gasteiger partial charge on any atom is -0.512 e. The first kappa shape index (κ1) is 26.7. The number of benzene rings is 4. The molecule has 0 aliphatic heterocycles. The van der Waals surface area contributed by atoms with Crippen molar-refractivity contribution in [3.8, 4) is 44.6 Å². The Morgan fingerprint density at radius 3 is 2.13 bits per heavy atom. The molecular formula is C35H28IrNO2-. The molecule has 0 spiro atoms. The van der Waals surface area contributed by atoms with Crippen molar-refractivity contribution in [3.05, 3.63) is 114 Å². The first-order chi connectivity index (χ1) is 18.3. The molecule has 0 atom stereocenters. The van der Waals surface area contributed by atoms with E-state index in [0.29, 0.717) is 0 Å². The molecule has 0 amide bonds. The van der Waals surface area contributed by atoms with Gasteiger partial charge in [0.25, 0.3) is 0 Å². The number of hydrogen-bond acceptors (Lipinski definition) is 3. The molecule has 0 saturated heterocycles. The number of aliphatic hydroxyl groups is 1. The van der Waals surface area contributed by atoms with Crippen molar-refractivity contribution in [2.24, 2.45) is 0 Å². The number of rotatable bonds is 2. The maximum atomic E-state index is 10.0. The third-order valence-corrected chi connectivity index (χ3v) is 7.55. The fourth-order valence-corrected chi connectivity index (χ4v) is 5.99. The Balaban J connectivity index is 0.000000345. The molecule has 3 nitrogen and oxygen atoms in total. The van der Waals surface area contributed by atoms with Gasteiger partial charge in [0.15, 0.2) is 5.78 Å². The van der Waals surface area contributed by atoms with E-state index in [-0.39, 0.29) is 37.1 Å². The minimum atomic E-state index is -0.125. The van der Waals surface area contributed by atoms with Crippen molar-refractivity contribution in [1.82, 2.24) is 4.98 Å². The Morgan fingerprint density at radius 1 is 0.821 bits per heavy atom. The van der Waals surface area contributed by atoms with Gasteiger partial charge in [0.1, 0.15) is 0 Å². The van der Waals surface area contributed by atoms with E-state index in [1.54, 1.807) is 0 Å².